The molecule has 0 spiro atoms. The monoisotopic (exact) mass is 442 g/mol. The molecule has 0 bridgehead atoms. The highest BCUT2D eigenvalue weighted by Crippen LogP contribution is 2.33. The number of nitrogens with zero attached hydrogens (tertiary/aromatic N) is 2. The predicted octanol–water partition coefficient (Wildman–Crippen LogP) is 2.85. The summed E-state index contributed by atoms with van der Waals surface area (Å²) in [6.07, 6.45) is 6.69. The van der Waals surface area contributed by atoms with Crippen LogP contribution in [0.3, 0.4) is 0 Å². The lowest BCUT2D eigenvalue weighted by Gasteiger charge is -2.13. The molecule has 1 aromatic carbocycles. The number of methoxy groups -OCH3 is 1. The number of ether oxygens (including phenoxy) is 2. The number of imidazole rings is 1. The van der Waals surface area contributed by atoms with E-state index in [1.54, 1.807) is 12.1 Å². The lowest BCUT2D eigenvalue weighted by Crippen LogP contribution is -2.30. The Kier molecular flexibility index (Phi) is 6.74. The van der Waals surface area contributed by atoms with Gasteiger partial charge >= 0.3 is 5.97 Å². The number of carbonyl (C=O) groups is 3. The SMILES string of the molecule is COC(=O)CNC(=O)c1cc(NC(=O)CC2CCCC2)cc2nc([C@H]3CCCO3)n(C)c12. The van der Waals surface area contributed by atoms with Gasteiger partial charge in [0.25, 0.3) is 5.91 Å². The summed E-state index contributed by atoms with van der Waals surface area (Å²) in [6, 6.07) is 3.43. The molecule has 172 valence electrons. The highest BCUT2D eigenvalue weighted by atomic mass is 16.5. The molecular formula is C23H30N4O5. The Labute approximate surface area is 186 Å². The van der Waals surface area contributed by atoms with E-state index in [1.807, 2.05) is 11.6 Å². The van der Waals surface area contributed by atoms with Crippen LogP contribution in [-0.4, -0.2) is 47.6 Å². The Morgan fingerprint density at radius 2 is 1.97 bits per heavy atom. The molecule has 2 N–H and O–H groups in total. The molecule has 1 aliphatic heterocycles. The van der Waals surface area contributed by atoms with Crippen molar-refractivity contribution in [1.82, 2.24) is 14.9 Å². The van der Waals surface area contributed by atoms with Crippen LogP contribution in [0, 0.1) is 5.92 Å². The van der Waals surface area contributed by atoms with Gasteiger partial charge < -0.3 is 24.7 Å². The molecule has 9 heteroatoms. The molecule has 2 heterocycles. The Morgan fingerprint density at radius 1 is 1.19 bits per heavy atom. The molecule has 0 unspecified atom stereocenters. The zero-order chi connectivity index (χ0) is 22.7. The van der Waals surface area contributed by atoms with Crippen molar-refractivity contribution in [2.24, 2.45) is 13.0 Å². The summed E-state index contributed by atoms with van der Waals surface area (Å²) in [4.78, 5) is 41.8. The van der Waals surface area contributed by atoms with Crippen molar-refractivity contribution >= 4 is 34.5 Å². The van der Waals surface area contributed by atoms with Crippen LogP contribution in [0.25, 0.3) is 11.0 Å². The Balaban J connectivity index is 1.65. The zero-order valence-electron chi connectivity index (χ0n) is 18.6. The van der Waals surface area contributed by atoms with Gasteiger partial charge in [0.2, 0.25) is 5.91 Å². The summed E-state index contributed by atoms with van der Waals surface area (Å²) < 4.78 is 12.3. The molecule has 2 amide bonds. The lowest BCUT2D eigenvalue weighted by atomic mass is 10.0. The molecule has 4 rings (SSSR count). The number of rotatable bonds is 7. The maximum Gasteiger partial charge on any atom is 0.325 e. The molecule has 2 aliphatic rings. The number of esters is 1. The average molecular weight is 443 g/mol. The number of benzene rings is 1. The number of aromatic nitrogens is 2. The van der Waals surface area contributed by atoms with Gasteiger partial charge in [0, 0.05) is 25.8 Å². The molecule has 9 nitrogen and oxygen atoms in total. The first-order valence-electron chi connectivity index (χ1n) is 11.2. The van der Waals surface area contributed by atoms with Gasteiger partial charge in [-0.3, -0.25) is 14.4 Å². The van der Waals surface area contributed by atoms with Crippen molar-refractivity contribution in [3.63, 3.8) is 0 Å². The van der Waals surface area contributed by atoms with Crippen LogP contribution in [-0.2, 0) is 26.1 Å². The summed E-state index contributed by atoms with van der Waals surface area (Å²) >= 11 is 0. The van der Waals surface area contributed by atoms with Gasteiger partial charge in [-0.25, -0.2) is 4.98 Å². The molecule has 1 saturated carbocycles. The van der Waals surface area contributed by atoms with E-state index in [0.717, 1.165) is 31.5 Å². The molecule has 2 fully saturated rings. The number of carbonyl (C=O) groups excluding carboxylic acids is 3. The summed E-state index contributed by atoms with van der Waals surface area (Å²) in [7, 11) is 3.12. The van der Waals surface area contributed by atoms with Crippen molar-refractivity contribution in [3.05, 3.63) is 23.5 Å². The Morgan fingerprint density at radius 3 is 2.66 bits per heavy atom. The number of aryl methyl sites for hydroxylation is 1. The van der Waals surface area contributed by atoms with Crippen LogP contribution >= 0.6 is 0 Å². The second-order valence-corrected chi connectivity index (χ2v) is 8.58. The number of amides is 2. The number of hydrogen-bond donors (Lipinski definition) is 2. The van der Waals surface area contributed by atoms with E-state index in [0.29, 0.717) is 41.2 Å². The van der Waals surface area contributed by atoms with Gasteiger partial charge in [0.15, 0.2) is 0 Å². The minimum atomic E-state index is -0.541. The molecule has 1 atom stereocenters. The highest BCUT2D eigenvalue weighted by molar-refractivity contribution is 6.08. The smallest absolute Gasteiger partial charge is 0.325 e. The molecular weight excluding hydrogens is 412 g/mol. The van der Waals surface area contributed by atoms with E-state index in [1.165, 1.54) is 20.0 Å². The first-order chi connectivity index (χ1) is 15.5. The maximum atomic E-state index is 13.0. The first kappa shape index (κ1) is 22.3. The molecule has 2 aromatic rings. The number of fused-ring (bicyclic) bond motifs is 1. The Hall–Kier alpha value is -2.94. The van der Waals surface area contributed by atoms with E-state index < -0.39 is 11.9 Å². The minimum absolute atomic E-state index is 0.0625. The highest BCUT2D eigenvalue weighted by Gasteiger charge is 2.26. The molecule has 1 aromatic heterocycles. The maximum absolute atomic E-state index is 13.0. The minimum Gasteiger partial charge on any atom is -0.468 e. The van der Waals surface area contributed by atoms with Gasteiger partial charge in [-0.2, -0.15) is 0 Å². The van der Waals surface area contributed by atoms with Crippen molar-refractivity contribution < 1.29 is 23.9 Å². The van der Waals surface area contributed by atoms with Crippen molar-refractivity contribution in [2.75, 3.05) is 25.6 Å². The molecule has 1 saturated heterocycles. The second kappa shape index (κ2) is 9.68. The topological polar surface area (TPSA) is 112 Å². The van der Waals surface area contributed by atoms with Gasteiger partial charge in [-0.15, -0.1) is 0 Å². The Bertz CT molecular complexity index is 1020. The van der Waals surface area contributed by atoms with E-state index in [9.17, 15) is 14.4 Å². The van der Waals surface area contributed by atoms with Gasteiger partial charge in [-0.1, -0.05) is 12.8 Å². The zero-order valence-corrected chi connectivity index (χ0v) is 18.6. The standard InChI is InChI=1S/C23H30N4O5/c1-27-21-16(23(30)24-13-20(29)31-2)11-15(25-19(28)10-14-6-3-4-7-14)12-17(21)26-22(27)18-8-5-9-32-18/h11-12,14,18H,3-10,13H2,1-2H3,(H,24,30)(H,25,28)/t18-/m1/s1. The van der Waals surface area contributed by atoms with Crippen LogP contribution in [0.5, 0.6) is 0 Å². The van der Waals surface area contributed by atoms with Gasteiger partial charge in [-0.05, 0) is 43.7 Å². The summed E-state index contributed by atoms with van der Waals surface area (Å²) in [5, 5.41) is 5.53. The third-order valence-corrected chi connectivity index (χ3v) is 6.32. The van der Waals surface area contributed by atoms with E-state index in [4.69, 9.17) is 9.72 Å². The van der Waals surface area contributed by atoms with Gasteiger partial charge in [0.1, 0.15) is 18.5 Å². The van der Waals surface area contributed by atoms with Crippen molar-refractivity contribution in [1.29, 1.82) is 0 Å². The van der Waals surface area contributed by atoms with Crippen LogP contribution in [0.1, 0.15) is 67.2 Å². The quantitative estimate of drug-likeness (QED) is 0.638. The van der Waals surface area contributed by atoms with Gasteiger partial charge in [0.05, 0.1) is 23.7 Å². The number of hydrogen-bond acceptors (Lipinski definition) is 6. The summed E-state index contributed by atoms with van der Waals surface area (Å²) in [5.41, 5.74) is 2.08. The fourth-order valence-electron chi connectivity index (χ4n) is 4.69. The number of anilines is 1. The number of nitrogens with one attached hydrogen (secondary N) is 2. The van der Waals surface area contributed by atoms with Crippen LogP contribution in [0.2, 0.25) is 0 Å². The molecule has 32 heavy (non-hydrogen) atoms. The molecule has 1 aliphatic carbocycles. The summed E-state index contributed by atoms with van der Waals surface area (Å²) in [5.74, 6) is 0.124. The largest absolute Gasteiger partial charge is 0.468 e. The molecule has 0 radical (unpaired) electrons. The summed E-state index contributed by atoms with van der Waals surface area (Å²) in [6.45, 7) is 0.439. The average Bonchev–Trinajstić information content (AvgIpc) is 3.53. The van der Waals surface area contributed by atoms with E-state index in [-0.39, 0.29) is 18.6 Å². The van der Waals surface area contributed by atoms with Crippen LogP contribution in [0.15, 0.2) is 12.1 Å². The third-order valence-electron chi connectivity index (χ3n) is 6.32. The van der Waals surface area contributed by atoms with E-state index in [2.05, 4.69) is 15.4 Å². The van der Waals surface area contributed by atoms with Crippen LogP contribution in [0.4, 0.5) is 5.69 Å². The van der Waals surface area contributed by atoms with Crippen molar-refractivity contribution in [3.8, 4) is 0 Å². The predicted molar refractivity (Wildman–Crippen MR) is 118 cm³/mol. The third kappa shape index (κ3) is 4.77. The fraction of sp³-hybridized carbons (Fsp3) is 0.565. The van der Waals surface area contributed by atoms with Crippen LogP contribution < -0.4 is 10.6 Å². The first-order valence-corrected chi connectivity index (χ1v) is 11.2. The normalized spacial score (nSPS) is 18.8. The van der Waals surface area contributed by atoms with Crippen molar-refractivity contribution in [2.45, 2.75) is 51.0 Å². The second-order valence-electron chi connectivity index (χ2n) is 8.58. The lowest BCUT2D eigenvalue weighted by molar-refractivity contribution is -0.139. The van der Waals surface area contributed by atoms with E-state index >= 15 is 0 Å². The fourth-order valence-corrected chi connectivity index (χ4v) is 4.69.